The molecule has 2 N–H and O–H groups in total. The maximum atomic E-state index is 6.10. The zero-order chi connectivity index (χ0) is 9.14. The van der Waals surface area contributed by atoms with Crippen LogP contribution in [0.3, 0.4) is 0 Å². The molecule has 1 heteroatoms. The standard InChI is InChI=1S/C11H23N/c1-4-11(12)10-7-8(2)5-6-9(10)3/h8-11H,4-7,12H2,1-3H3. The number of hydrogen-bond acceptors (Lipinski definition) is 1. The lowest BCUT2D eigenvalue weighted by Gasteiger charge is -2.36. The second kappa shape index (κ2) is 4.27. The Morgan fingerprint density at radius 2 is 2.00 bits per heavy atom. The molecule has 0 radical (unpaired) electrons. The van der Waals surface area contributed by atoms with Gasteiger partial charge in [0.25, 0.3) is 0 Å². The Kier molecular flexibility index (Phi) is 3.57. The molecule has 0 heterocycles. The van der Waals surface area contributed by atoms with Crippen molar-refractivity contribution in [1.82, 2.24) is 0 Å². The minimum absolute atomic E-state index is 0.447. The van der Waals surface area contributed by atoms with Crippen LogP contribution in [0.15, 0.2) is 0 Å². The summed E-state index contributed by atoms with van der Waals surface area (Å²) in [4.78, 5) is 0. The van der Waals surface area contributed by atoms with Gasteiger partial charge in [-0.25, -0.2) is 0 Å². The minimum Gasteiger partial charge on any atom is -0.327 e. The Labute approximate surface area is 76.7 Å². The molecule has 0 aromatic carbocycles. The first-order chi connectivity index (χ1) is 5.65. The van der Waals surface area contributed by atoms with Crippen LogP contribution in [-0.4, -0.2) is 6.04 Å². The second-order valence-electron chi connectivity index (χ2n) is 4.63. The van der Waals surface area contributed by atoms with Crippen LogP contribution in [0.25, 0.3) is 0 Å². The molecule has 1 nitrogen and oxygen atoms in total. The first-order valence-electron chi connectivity index (χ1n) is 5.40. The fourth-order valence-corrected chi connectivity index (χ4v) is 2.48. The molecule has 4 atom stereocenters. The van der Waals surface area contributed by atoms with E-state index in [4.69, 9.17) is 5.73 Å². The van der Waals surface area contributed by atoms with Gasteiger partial charge < -0.3 is 5.73 Å². The predicted octanol–water partition coefficient (Wildman–Crippen LogP) is 2.80. The van der Waals surface area contributed by atoms with E-state index in [0.717, 1.165) is 24.2 Å². The molecule has 1 rings (SSSR count). The third-order valence-electron chi connectivity index (χ3n) is 3.54. The fraction of sp³-hybridized carbons (Fsp3) is 1.00. The lowest BCUT2D eigenvalue weighted by molar-refractivity contribution is 0.171. The van der Waals surface area contributed by atoms with Crippen LogP contribution in [0.2, 0.25) is 0 Å². The Hall–Kier alpha value is -0.0400. The van der Waals surface area contributed by atoms with Crippen molar-refractivity contribution in [1.29, 1.82) is 0 Å². The fourth-order valence-electron chi connectivity index (χ4n) is 2.48. The van der Waals surface area contributed by atoms with Crippen LogP contribution in [0.1, 0.15) is 46.5 Å². The minimum atomic E-state index is 0.447. The van der Waals surface area contributed by atoms with Crippen molar-refractivity contribution in [3.8, 4) is 0 Å². The van der Waals surface area contributed by atoms with E-state index in [-0.39, 0.29) is 0 Å². The van der Waals surface area contributed by atoms with Gasteiger partial charge in [0.15, 0.2) is 0 Å². The molecular formula is C11H23N. The third kappa shape index (κ3) is 2.22. The summed E-state index contributed by atoms with van der Waals surface area (Å²) in [5, 5.41) is 0. The molecule has 0 bridgehead atoms. The first-order valence-corrected chi connectivity index (χ1v) is 5.40. The van der Waals surface area contributed by atoms with E-state index < -0.39 is 0 Å². The van der Waals surface area contributed by atoms with Crippen molar-refractivity contribution in [2.45, 2.75) is 52.5 Å². The third-order valence-corrected chi connectivity index (χ3v) is 3.54. The molecule has 0 spiro atoms. The molecule has 1 fully saturated rings. The summed E-state index contributed by atoms with van der Waals surface area (Å²) >= 11 is 0. The molecule has 0 amide bonds. The highest BCUT2D eigenvalue weighted by atomic mass is 14.7. The van der Waals surface area contributed by atoms with Crippen molar-refractivity contribution in [3.05, 3.63) is 0 Å². The molecule has 12 heavy (non-hydrogen) atoms. The summed E-state index contributed by atoms with van der Waals surface area (Å²) in [6, 6.07) is 0.447. The first kappa shape index (κ1) is 10.0. The van der Waals surface area contributed by atoms with Crippen molar-refractivity contribution in [2.24, 2.45) is 23.5 Å². The summed E-state index contributed by atoms with van der Waals surface area (Å²) in [5.41, 5.74) is 6.10. The van der Waals surface area contributed by atoms with E-state index in [1.165, 1.54) is 19.3 Å². The lowest BCUT2D eigenvalue weighted by atomic mass is 9.72. The van der Waals surface area contributed by atoms with Crippen LogP contribution >= 0.6 is 0 Å². The van der Waals surface area contributed by atoms with E-state index in [1.807, 2.05) is 0 Å². The number of rotatable bonds is 2. The van der Waals surface area contributed by atoms with Crippen molar-refractivity contribution >= 4 is 0 Å². The van der Waals surface area contributed by atoms with E-state index in [1.54, 1.807) is 0 Å². The van der Waals surface area contributed by atoms with Crippen LogP contribution in [0.5, 0.6) is 0 Å². The zero-order valence-corrected chi connectivity index (χ0v) is 8.72. The maximum Gasteiger partial charge on any atom is 0.00671 e. The highest BCUT2D eigenvalue weighted by Crippen LogP contribution is 2.35. The van der Waals surface area contributed by atoms with Crippen LogP contribution in [0, 0.1) is 17.8 Å². The van der Waals surface area contributed by atoms with E-state index in [2.05, 4.69) is 20.8 Å². The average Bonchev–Trinajstić information content (AvgIpc) is 2.08. The van der Waals surface area contributed by atoms with Crippen LogP contribution < -0.4 is 5.73 Å². The van der Waals surface area contributed by atoms with E-state index in [9.17, 15) is 0 Å². The predicted molar refractivity (Wildman–Crippen MR) is 53.9 cm³/mol. The van der Waals surface area contributed by atoms with Gasteiger partial charge in [-0.1, -0.05) is 33.6 Å². The van der Waals surface area contributed by atoms with Gasteiger partial charge >= 0.3 is 0 Å². The van der Waals surface area contributed by atoms with Gasteiger partial charge in [0, 0.05) is 6.04 Å². The molecular weight excluding hydrogens is 146 g/mol. The van der Waals surface area contributed by atoms with Crippen LogP contribution in [0.4, 0.5) is 0 Å². The van der Waals surface area contributed by atoms with Crippen molar-refractivity contribution < 1.29 is 0 Å². The molecule has 0 saturated heterocycles. The highest BCUT2D eigenvalue weighted by molar-refractivity contribution is 4.82. The summed E-state index contributed by atoms with van der Waals surface area (Å²) in [7, 11) is 0. The second-order valence-corrected chi connectivity index (χ2v) is 4.63. The van der Waals surface area contributed by atoms with Crippen molar-refractivity contribution in [2.75, 3.05) is 0 Å². The normalized spacial score (nSPS) is 39.5. The Morgan fingerprint density at radius 1 is 1.33 bits per heavy atom. The van der Waals surface area contributed by atoms with Gasteiger partial charge in [-0.3, -0.25) is 0 Å². The maximum absolute atomic E-state index is 6.10. The van der Waals surface area contributed by atoms with Gasteiger partial charge in [0.1, 0.15) is 0 Å². The number of nitrogens with two attached hydrogens (primary N) is 1. The monoisotopic (exact) mass is 169 g/mol. The SMILES string of the molecule is CCC(N)C1CC(C)CCC1C. The Balaban J connectivity index is 2.48. The molecule has 0 aliphatic heterocycles. The van der Waals surface area contributed by atoms with E-state index in [0.29, 0.717) is 6.04 Å². The molecule has 72 valence electrons. The molecule has 1 aliphatic carbocycles. The molecule has 1 saturated carbocycles. The molecule has 0 aromatic rings. The summed E-state index contributed by atoms with van der Waals surface area (Å²) in [6.45, 7) is 6.93. The van der Waals surface area contributed by atoms with E-state index >= 15 is 0 Å². The number of hydrogen-bond donors (Lipinski definition) is 1. The Morgan fingerprint density at radius 3 is 2.58 bits per heavy atom. The topological polar surface area (TPSA) is 26.0 Å². The summed E-state index contributed by atoms with van der Waals surface area (Å²) in [6.07, 6.45) is 5.30. The molecule has 1 aliphatic rings. The quantitative estimate of drug-likeness (QED) is 0.676. The highest BCUT2D eigenvalue weighted by Gasteiger charge is 2.28. The van der Waals surface area contributed by atoms with Gasteiger partial charge in [-0.05, 0) is 30.6 Å². The summed E-state index contributed by atoms with van der Waals surface area (Å²) < 4.78 is 0. The zero-order valence-electron chi connectivity index (χ0n) is 8.72. The van der Waals surface area contributed by atoms with Gasteiger partial charge in [0.05, 0.1) is 0 Å². The molecule has 4 unspecified atom stereocenters. The van der Waals surface area contributed by atoms with Crippen LogP contribution in [-0.2, 0) is 0 Å². The van der Waals surface area contributed by atoms with Gasteiger partial charge in [-0.15, -0.1) is 0 Å². The van der Waals surface area contributed by atoms with Crippen molar-refractivity contribution in [3.63, 3.8) is 0 Å². The van der Waals surface area contributed by atoms with Gasteiger partial charge in [0.2, 0.25) is 0 Å². The Bertz CT molecular complexity index is 129. The average molecular weight is 169 g/mol. The smallest absolute Gasteiger partial charge is 0.00671 e. The largest absolute Gasteiger partial charge is 0.327 e. The lowest BCUT2D eigenvalue weighted by Crippen LogP contribution is -2.37. The summed E-state index contributed by atoms with van der Waals surface area (Å²) in [5.74, 6) is 2.55. The van der Waals surface area contributed by atoms with Gasteiger partial charge in [-0.2, -0.15) is 0 Å². The molecule has 0 aromatic heterocycles.